The molecule has 0 saturated heterocycles. The van der Waals surface area contributed by atoms with E-state index >= 15 is 0 Å². The van der Waals surface area contributed by atoms with Crippen LogP contribution in [0.1, 0.15) is 37.3 Å². The fraction of sp³-hybridized carbons (Fsp3) is 0.273. The summed E-state index contributed by atoms with van der Waals surface area (Å²) in [7, 11) is 0. The Morgan fingerprint density at radius 2 is 1.65 bits per heavy atom. The Balaban J connectivity index is 1.96. The van der Waals surface area contributed by atoms with Gasteiger partial charge in [-0.1, -0.05) is 79.9 Å². The first-order valence-electron chi connectivity index (χ1n) is 8.47. The van der Waals surface area contributed by atoms with Crippen LogP contribution in [0, 0.1) is 12.7 Å². The van der Waals surface area contributed by atoms with E-state index in [1.165, 1.54) is 30.4 Å². The van der Waals surface area contributed by atoms with E-state index in [4.69, 9.17) is 0 Å². The van der Waals surface area contributed by atoms with Gasteiger partial charge in [-0.15, -0.1) is 0 Å². The lowest BCUT2D eigenvalue weighted by Crippen LogP contribution is -1.90. The molecule has 1 heteroatoms. The van der Waals surface area contributed by atoms with E-state index in [0.29, 0.717) is 10.9 Å². The zero-order valence-electron chi connectivity index (χ0n) is 13.9. The monoisotopic (exact) mass is 306 g/mol. The van der Waals surface area contributed by atoms with Crippen LogP contribution in [-0.4, -0.2) is 0 Å². The Morgan fingerprint density at radius 1 is 0.870 bits per heavy atom. The molecule has 3 aromatic rings. The molecule has 0 nitrogen and oxygen atoms in total. The third kappa shape index (κ3) is 3.44. The maximum Gasteiger partial charge on any atom is 0.138 e. The first kappa shape index (κ1) is 15.7. The van der Waals surface area contributed by atoms with Gasteiger partial charge in [0.05, 0.1) is 0 Å². The lowest BCUT2D eigenvalue weighted by molar-refractivity contribution is 0.643. The molecule has 0 saturated carbocycles. The molecule has 3 rings (SSSR count). The zero-order chi connectivity index (χ0) is 16.2. The predicted octanol–water partition coefficient (Wildman–Crippen LogP) is 6.69. The van der Waals surface area contributed by atoms with Gasteiger partial charge in [-0.3, -0.25) is 0 Å². The second-order valence-corrected chi connectivity index (χ2v) is 6.31. The average Bonchev–Trinajstić information content (AvgIpc) is 2.56. The summed E-state index contributed by atoms with van der Waals surface area (Å²) >= 11 is 0. The third-order valence-electron chi connectivity index (χ3n) is 4.45. The average molecular weight is 306 g/mol. The molecule has 0 radical (unpaired) electrons. The van der Waals surface area contributed by atoms with Crippen molar-refractivity contribution >= 4 is 10.8 Å². The molecule has 0 aromatic heterocycles. The van der Waals surface area contributed by atoms with E-state index in [1.807, 2.05) is 49.4 Å². The standard InChI is InChI=1S/C22H23F/c1-3-4-5-6-17-9-13-21-19(15-17)12-14-20(22(21)23)18-10-7-16(2)8-11-18/h7-15H,3-6H2,1-2H3. The van der Waals surface area contributed by atoms with Crippen molar-refractivity contribution in [1.29, 1.82) is 0 Å². The van der Waals surface area contributed by atoms with Crippen molar-refractivity contribution < 1.29 is 4.39 Å². The minimum absolute atomic E-state index is 0.119. The van der Waals surface area contributed by atoms with E-state index < -0.39 is 0 Å². The lowest BCUT2D eigenvalue weighted by atomic mass is 9.97. The Hall–Kier alpha value is -2.15. The van der Waals surface area contributed by atoms with Crippen LogP contribution >= 0.6 is 0 Å². The molecule has 0 aliphatic heterocycles. The number of fused-ring (bicyclic) bond motifs is 1. The minimum atomic E-state index is -0.119. The molecule has 0 unspecified atom stereocenters. The van der Waals surface area contributed by atoms with E-state index in [0.717, 1.165) is 17.4 Å². The van der Waals surface area contributed by atoms with Gasteiger partial charge in [0.2, 0.25) is 0 Å². The topological polar surface area (TPSA) is 0 Å². The van der Waals surface area contributed by atoms with Gasteiger partial charge in [0.1, 0.15) is 5.82 Å². The largest absolute Gasteiger partial charge is 0.206 e. The summed E-state index contributed by atoms with van der Waals surface area (Å²) in [5.41, 5.74) is 4.10. The zero-order valence-corrected chi connectivity index (χ0v) is 13.9. The first-order chi connectivity index (χ1) is 11.2. The third-order valence-corrected chi connectivity index (χ3v) is 4.45. The number of rotatable bonds is 5. The van der Waals surface area contributed by atoms with Crippen molar-refractivity contribution in [2.24, 2.45) is 0 Å². The van der Waals surface area contributed by atoms with Gasteiger partial charge in [0, 0.05) is 10.9 Å². The van der Waals surface area contributed by atoms with E-state index in [1.54, 1.807) is 0 Å². The van der Waals surface area contributed by atoms with Crippen molar-refractivity contribution in [2.75, 3.05) is 0 Å². The van der Waals surface area contributed by atoms with E-state index in [2.05, 4.69) is 19.1 Å². The summed E-state index contributed by atoms with van der Waals surface area (Å²) in [5.74, 6) is -0.119. The van der Waals surface area contributed by atoms with Crippen LogP contribution in [0.4, 0.5) is 4.39 Å². The number of benzene rings is 3. The molecule has 0 heterocycles. The predicted molar refractivity (Wildman–Crippen MR) is 97.3 cm³/mol. The van der Waals surface area contributed by atoms with Gasteiger partial charge in [-0.25, -0.2) is 4.39 Å². The van der Waals surface area contributed by atoms with Crippen molar-refractivity contribution in [1.82, 2.24) is 0 Å². The fourth-order valence-electron chi connectivity index (χ4n) is 3.03. The van der Waals surface area contributed by atoms with Gasteiger partial charge in [-0.2, -0.15) is 0 Å². The van der Waals surface area contributed by atoms with Gasteiger partial charge in [0.15, 0.2) is 0 Å². The lowest BCUT2D eigenvalue weighted by Gasteiger charge is -2.09. The van der Waals surface area contributed by atoms with Crippen LogP contribution in [0.2, 0.25) is 0 Å². The summed E-state index contributed by atoms with van der Waals surface area (Å²) < 4.78 is 14.9. The Kier molecular flexibility index (Phi) is 4.76. The summed E-state index contributed by atoms with van der Waals surface area (Å²) in [4.78, 5) is 0. The molecule has 0 amide bonds. The highest BCUT2D eigenvalue weighted by atomic mass is 19.1. The molecule has 23 heavy (non-hydrogen) atoms. The second-order valence-electron chi connectivity index (χ2n) is 6.31. The van der Waals surface area contributed by atoms with Crippen LogP contribution in [-0.2, 0) is 6.42 Å². The molecule has 0 aliphatic rings. The highest BCUT2D eigenvalue weighted by molar-refractivity contribution is 5.88. The normalized spacial score (nSPS) is 11.1. The SMILES string of the molecule is CCCCCc1ccc2c(F)c(-c3ccc(C)cc3)ccc2c1. The quantitative estimate of drug-likeness (QED) is 0.461. The highest BCUT2D eigenvalue weighted by Gasteiger charge is 2.09. The number of halogens is 1. The van der Waals surface area contributed by atoms with Crippen LogP contribution in [0.15, 0.2) is 54.6 Å². The smallest absolute Gasteiger partial charge is 0.138 e. The molecule has 0 bridgehead atoms. The Bertz CT molecular complexity index is 800. The van der Waals surface area contributed by atoms with Crippen molar-refractivity contribution in [3.63, 3.8) is 0 Å². The number of aryl methyl sites for hydroxylation is 2. The summed E-state index contributed by atoms with van der Waals surface area (Å²) in [6, 6.07) is 18.1. The second kappa shape index (κ2) is 6.95. The van der Waals surface area contributed by atoms with Crippen LogP contribution in [0.5, 0.6) is 0 Å². The molecule has 3 aromatic carbocycles. The van der Waals surface area contributed by atoms with Crippen molar-refractivity contribution in [3.05, 3.63) is 71.5 Å². The Morgan fingerprint density at radius 3 is 2.39 bits per heavy atom. The van der Waals surface area contributed by atoms with Gasteiger partial charge in [-0.05, 0) is 36.3 Å². The van der Waals surface area contributed by atoms with Gasteiger partial charge < -0.3 is 0 Å². The maximum atomic E-state index is 14.9. The maximum absolute atomic E-state index is 14.9. The van der Waals surface area contributed by atoms with Crippen LogP contribution in [0.3, 0.4) is 0 Å². The highest BCUT2D eigenvalue weighted by Crippen LogP contribution is 2.30. The first-order valence-corrected chi connectivity index (χ1v) is 8.47. The molecule has 0 N–H and O–H groups in total. The van der Waals surface area contributed by atoms with Gasteiger partial charge >= 0.3 is 0 Å². The fourth-order valence-corrected chi connectivity index (χ4v) is 3.03. The summed E-state index contributed by atoms with van der Waals surface area (Å²) in [6.07, 6.45) is 4.75. The van der Waals surface area contributed by atoms with E-state index in [-0.39, 0.29) is 5.82 Å². The van der Waals surface area contributed by atoms with Crippen LogP contribution < -0.4 is 0 Å². The number of hydrogen-bond donors (Lipinski definition) is 0. The molecule has 0 aliphatic carbocycles. The van der Waals surface area contributed by atoms with Crippen molar-refractivity contribution in [3.8, 4) is 11.1 Å². The molecule has 0 atom stereocenters. The summed E-state index contributed by atoms with van der Waals surface area (Å²) in [6.45, 7) is 4.25. The minimum Gasteiger partial charge on any atom is -0.206 e. The van der Waals surface area contributed by atoms with E-state index in [9.17, 15) is 4.39 Å². The molecular weight excluding hydrogens is 283 g/mol. The Labute approximate surface area is 138 Å². The van der Waals surface area contributed by atoms with Gasteiger partial charge in [0.25, 0.3) is 0 Å². The molecule has 0 spiro atoms. The van der Waals surface area contributed by atoms with Crippen molar-refractivity contribution in [2.45, 2.75) is 39.5 Å². The number of unbranched alkanes of at least 4 members (excludes halogenated alkanes) is 2. The number of hydrogen-bond acceptors (Lipinski definition) is 0. The molecular formula is C22H23F. The summed E-state index contributed by atoms with van der Waals surface area (Å²) in [5, 5.41) is 1.70. The van der Waals surface area contributed by atoms with Crippen LogP contribution in [0.25, 0.3) is 21.9 Å². The molecule has 118 valence electrons. The molecule has 0 fully saturated rings.